The maximum atomic E-state index is 13.4. The van der Waals surface area contributed by atoms with E-state index in [9.17, 15) is 22.5 Å². The highest BCUT2D eigenvalue weighted by molar-refractivity contribution is 7.89. The number of nitrogens with one attached hydrogen (secondary N) is 1. The Morgan fingerprint density at radius 2 is 1.86 bits per heavy atom. The van der Waals surface area contributed by atoms with Gasteiger partial charge in [0.25, 0.3) is 6.43 Å². The molecular weight excluding hydrogens is 403 g/mol. The minimum atomic E-state index is -2.57. The molecule has 1 heterocycles. The Morgan fingerprint density at radius 1 is 1.14 bits per heavy atom. The lowest BCUT2D eigenvalue weighted by molar-refractivity contribution is -0.115. The van der Waals surface area contributed by atoms with Crippen LogP contribution in [0.25, 0.3) is 11.1 Å². The minimum Gasteiger partial charge on any atom is -0.593 e. The van der Waals surface area contributed by atoms with E-state index >= 15 is 0 Å². The van der Waals surface area contributed by atoms with E-state index in [1.165, 1.54) is 42.6 Å². The molecule has 0 aliphatic heterocycles. The molecule has 0 fully saturated rings. The van der Waals surface area contributed by atoms with Gasteiger partial charge in [0.05, 0.1) is 24.0 Å². The molecule has 1 unspecified atom stereocenters. The van der Waals surface area contributed by atoms with Crippen LogP contribution < -0.4 is 10.5 Å². The first-order valence-electron chi connectivity index (χ1n) is 8.41. The van der Waals surface area contributed by atoms with Crippen molar-refractivity contribution in [2.24, 2.45) is 5.14 Å². The number of anilines is 1. The molecule has 0 saturated heterocycles. The first-order chi connectivity index (χ1) is 13.8. The normalized spacial score (nSPS) is 12.1. The molecule has 29 heavy (non-hydrogen) atoms. The van der Waals surface area contributed by atoms with Crippen LogP contribution in [0.15, 0.2) is 65.8 Å². The standard InChI is InChI=1S/C20H16F3N3O2S/c21-15-8-14(10-25-11-15)17-6-5-16(9-18(17)29(24)28)26-19(27)7-12-1-3-13(4-2-12)20(22)23/h1-6,8-11,20H,7,24H2,(H,26,27). The van der Waals surface area contributed by atoms with E-state index in [-0.39, 0.29) is 22.8 Å². The van der Waals surface area contributed by atoms with E-state index in [4.69, 9.17) is 5.14 Å². The monoisotopic (exact) mass is 419 g/mol. The molecule has 3 aromatic rings. The fourth-order valence-electron chi connectivity index (χ4n) is 2.74. The van der Waals surface area contributed by atoms with Crippen molar-refractivity contribution in [3.63, 3.8) is 0 Å². The van der Waals surface area contributed by atoms with Crippen molar-refractivity contribution in [2.45, 2.75) is 17.7 Å². The summed E-state index contributed by atoms with van der Waals surface area (Å²) < 4.78 is 50.6. The molecule has 0 aliphatic rings. The Balaban J connectivity index is 1.77. The van der Waals surface area contributed by atoms with Crippen LogP contribution in [0.1, 0.15) is 17.6 Å². The van der Waals surface area contributed by atoms with Crippen LogP contribution in [-0.2, 0) is 22.6 Å². The number of alkyl halides is 2. The van der Waals surface area contributed by atoms with E-state index in [1.54, 1.807) is 12.1 Å². The van der Waals surface area contributed by atoms with Gasteiger partial charge < -0.3 is 9.87 Å². The molecule has 1 amide bonds. The summed E-state index contributed by atoms with van der Waals surface area (Å²) in [6, 6.07) is 11.3. The molecule has 5 nitrogen and oxygen atoms in total. The molecule has 0 radical (unpaired) electrons. The second kappa shape index (κ2) is 9.08. The maximum absolute atomic E-state index is 13.4. The zero-order chi connectivity index (χ0) is 21.0. The Morgan fingerprint density at radius 3 is 2.48 bits per heavy atom. The third kappa shape index (κ3) is 5.35. The molecule has 3 N–H and O–H groups in total. The van der Waals surface area contributed by atoms with E-state index in [1.807, 2.05) is 0 Å². The summed E-state index contributed by atoms with van der Waals surface area (Å²) in [6.07, 6.45) is -0.137. The Hall–Kier alpha value is -2.88. The van der Waals surface area contributed by atoms with Gasteiger partial charge in [-0.3, -0.25) is 9.78 Å². The summed E-state index contributed by atoms with van der Waals surface area (Å²) in [4.78, 5) is 16.2. The van der Waals surface area contributed by atoms with Gasteiger partial charge in [-0.2, -0.15) is 0 Å². The lowest BCUT2D eigenvalue weighted by Crippen LogP contribution is -2.17. The van der Waals surface area contributed by atoms with Crippen LogP contribution in [0.5, 0.6) is 0 Å². The quantitative estimate of drug-likeness (QED) is 0.591. The van der Waals surface area contributed by atoms with Crippen LogP contribution in [0.2, 0.25) is 0 Å². The number of amides is 1. The summed E-state index contributed by atoms with van der Waals surface area (Å²) >= 11 is -1.89. The lowest BCUT2D eigenvalue weighted by atomic mass is 10.1. The topological polar surface area (TPSA) is 91.1 Å². The molecule has 0 aliphatic carbocycles. The second-order valence-corrected chi connectivity index (χ2v) is 7.20. The zero-order valence-electron chi connectivity index (χ0n) is 14.9. The predicted octanol–water partition coefficient (Wildman–Crippen LogP) is 3.99. The molecule has 0 spiro atoms. The fourth-order valence-corrected chi connectivity index (χ4v) is 3.38. The third-order valence-corrected chi connectivity index (χ3v) is 4.87. The van der Waals surface area contributed by atoms with Gasteiger partial charge in [0.1, 0.15) is 5.82 Å². The third-order valence-electron chi connectivity index (χ3n) is 4.09. The highest BCUT2D eigenvalue weighted by Gasteiger charge is 2.17. The summed E-state index contributed by atoms with van der Waals surface area (Å²) in [6.45, 7) is 0. The van der Waals surface area contributed by atoms with Gasteiger partial charge in [0.2, 0.25) is 5.91 Å². The Bertz CT molecular complexity index is 1010. The lowest BCUT2D eigenvalue weighted by Gasteiger charge is -2.12. The second-order valence-electron chi connectivity index (χ2n) is 6.17. The highest BCUT2D eigenvalue weighted by atomic mass is 32.2. The van der Waals surface area contributed by atoms with E-state index in [2.05, 4.69) is 10.3 Å². The van der Waals surface area contributed by atoms with Crippen molar-refractivity contribution in [1.29, 1.82) is 0 Å². The van der Waals surface area contributed by atoms with Crippen molar-refractivity contribution in [3.05, 3.63) is 77.9 Å². The number of rotatable bonds is 6. The molecule has 150 valence electrons. The number of benzene rings is 2. The molecule has 0 saturated carbocycles. The number of hydrogen-bond acceptors (Lipinski definition) is 4. The van der Waals surface area contributed by atoms with Gasteiger partial charge >= 0.3 is 0 Å². The number of aromatic nitrogens is 1. The number of nitrogens with zero attached hydrogens (tertiary/aromatic N) is 1. The summed E-state index contributed by atoms with van der Waals surface area (Å²) in [5.74, 6) is -0.935. The van der Waals surface area contributed by atoms with Gasteiger partial charge in [-0.15, -0.1) is 5.14 Å². The Labute approximate surface area is 168 Å². The van der Waals surface area contributed by atoms with Gasteiger partial charge in [-0.05, 0) is 23.8 Å². The van der Waals surface area contributed by atoms with Crippen molar-refractivity contribution in [1.82, 2.24) is 4.98 Å². The summed E-state index contributed by atoms with van der Waals surface area (Å²) in [5, 5.41) is 8.18. The molecule has 9 heteroatoms. The van der Waals surface area contributed by atoms with Crippen LogP contribution in [0.4, 0.5) is 18.9 Å². The number of pyridine rings is 1. The number of hydrogen-bond donors (Lipinski definition) is 2. The molecule has 0 bridgehead atoms. The van der Waals surface area contributed by atoms with E-state index in [0.29, 0.717) is 22.4 Å². The molecule has 3 rings (SSSR count). The fraction of sp³-hybridized carbons (Fsp3) is 0.100. The molecule has 1 atom stereocenters. The van der Waals surface area contributed by atoms with Crippen molar-refractivity contribution >= 4 is 23.0 Å². The van der Waals surface area contributed by atoms with Crippen molar-refractivity contribution in [2.75, 3.05) is 5.32 Å². The highest BCUT2D eigenvalue weighted by Crippen LogP contribution is 2.29. The van der Waals surface area contributed by atoms with Gasteiger partial charge in [-0.1, -0.05) is 24.3 Å². The minimum absolute atomic E-state index is 0.0276. The van der Waals surface area contributed by atoms with Crippen molar-refractivity contribution < 1.29 is 22.5 Å². The van der Waals surface area contributed by atoms with Crippen LogP contribution >= 0.6 is 0 Å². The SMILES string of the molecule is N[S+]([O-])c1cc(NC(=O)Cc2ccc(C(F)F)cc2)ccc1-c1cncc(F)c1. The maximum Gasteiger partial charge on any atom is 0.263 e. The largest absolute Gasteiger partial charge is 0.593 e. The van der Waals surface area contributed by atoms with Crippen LogP contribution in [0.3, 0.4) is 0 Å². The average Bonchev–Trinajstić information content (AvgIpc) is 2.68. The number of carbonyl (C=O) groups excluding carboxylic acids is 1. The number of nitrogens with two attached hydrogens (primary N) is 1. The first kappa shape index (κ1) is 20.8. The van der Waals surface area contributed by atoms with Crippen LogP contribution in [-0.4, -0.2) is 15.4 Å². The molecule has 2 aromatic carbocycles. The summed E-state index contributed by atoms with van der Waals surface area (Å²) in [7, 11) is 0. The van der Waals surface area contributed by atoms with E-state index < -0.39 is 23.6 Å². The predicted molar refractivity (Wildman–Crippen MR) is 104 cm³/mol. The summed E-state index contributed by atoms with van der Waals surface area (Å²) in [5.41, 5.74) is 1.62. The molecular formula is C20H16F3N3O2S. The number of halogens is 3. The molecule has 1 aromatic heterocycles. The zero-order valence-corrected chi connectivity index (χ0v) is 15.8. The Kier molecular flexibility index (Phi) is 6.53. The van der Waals surface area contributed by atoms with Gasteiger partial charge in [0, 0.05) is 34.6 Å². The van der Waals surface area contributed by atoms with Crippen molar-refractivity contribution in [3.8, 4) is 11.1 Å². The average molecular weight is 419 g/mol. The van der Waals surface area contributed by atoms with Crippen LogP contribution in [0, 0.1) is 5.82 Å². The number of carbonyl (C=O) groups is 1. The first-order valence-corrected chi connectivity index (χ1v) is 9.63. The van der Waals surface area contributed by atoms with Gasteiger partial charge in [-0.25, -0.2) is 13.2 Å². The van der Waals surface area contributed by atoms with E-state index in [0.717, 1.165) is 6.20 Å². The smallest absolute Gasteiger partial charge is 0.263 e. The van der Waals surface area contributed by atoms with Gasteiger partial charge in [0.15, 0.2) is 4.90 Å².